The number of rotatable bonds is 2. The first kappa shape index (κ1) is 14.5. The van der Waals surface area contributed by atoms with E-state index in [0.717, 1.165) is 27.8 Å². The molecule has 116 valence electrons. The summed E-state index contributed by atoms with van der Waals surface area (Å²) in [7, 11) is 0. The summed E-state index contributed by atoms with van der Waals surface area (Å²) in [5, 5.41) is 4.56. The van der Waals surface area contributed by atoms with Crippen LogP contribution in [-0.4, -0.2) is 12.5 Å². The van der Waals surface area contributed by atoms with E-state index in [4.69, 9.17) is 16.3 Å². The van der Waals surface area contributed by atoms with Gasteiger partial charge < -0.3 is 10.1 Å². The number of hydrogen-bond donors (Lipinski definition) is 1. The van der Waals surface area contributed by atoms with Crippen molar-refractivity contribution in [2.24, 2.45) is 0 Å². The molecule has 0 fully saturated rings. The molecule has 5 heteroatoms. The van der Waals surface area contributed by atoms with Gasteiger partial charge in [0.25, 0.3) is 5.91 Å². The van der Waals surface area contributed by atoms with Crippen molar-refractivity contribution in [2.75, 3.05) is 6.61 Å². The van der Waals surface area contributed by atoms with Crippen LogP contribution in [0.2, 0.25) is 5.02 Å². The maximum Gasteiger partial charge on any atom is 0.263 e. The second kappa shape index (κ2) is 5.87. The molecule has 0 spiro atoms. The van der Waals surface area contributed by atoms with Crippen molar-refractivity contribution in [3.8, 4) is 5.75 Å². The summed E-state index contributed by atoms with van der Waals surface area (Å²) in [5.74, 6) is 0.712. The van der Waals surface area contributed by atoms with Gasteiger partial charge in [0.1, 0.15) is 10.6 Å². The summed E-state index contributed by atoms with van der Waals surface area (Å²) >= 11 is 7.82. The van der Waals surface area contributed by atoms with Crippen molar-refractivity contribution >= 4 is 38.9 Å². The molecule has 2 heterocycles. The summed E-state index contributed by atoms with van der Waals surface area (Å²) in [6, 6.07) is 15.6. The molecule has 0 aliphatic carbocycles. The lowest BCUT2D eigenvalue weighted by molar-refractivity contribution is 0.0929. The number of halogens is 1. The average molecular weight is 344 g/mol. The minimum Gasteiger partial charge on any atom is -0.493 e. The molecule has 1 aromatic heterocycles. The highest BCUT2D eigenvalue weighted by atomic mass is 35.5. The first-order chi connectivity index (χ1) is 11.2. The third kappa shape index (κ3) is 2.58. The van der Waals surface area contributed by atoms with Gasteiger partial charge in [0, 0.05) is 22.1 Å². The molecule has 2 aromatic carbocycles. The fourth-order valence-corrected chi connectivity index (χ4v) is 4.30. The minimum absolute atomic E-state index is 0.0475. The van der Waals surface area contributed by atoms with E-state index >= 15 is 0 Å². The van der Waals surface area contributed by atoms with Crippen molar-refractivity contribution < 1.29 is 9.53 Å². The summed E-state index contributed by atoms with van der Waals surface area (Å²) in [4.78, 5) is 13.3. The van der Waals surface area contributed by atoms with E-state index in [-0.39, 0.29) is 11.9 Å². The Balaban J connectivity index is 1.64. The van der Waals surface area contributed by atoms with E-state index in [1.165, 1.54) is 11.3 Å². The SMILES string of the molecule is O=C(N[C@H]1CCOc2ccccc21)c1sc2ccccc2c1Cl. The summed E-state index contributed by atoms with van der Waals surface area (Å²) in [6.45, 7) is 0.599. The predicted octanol–water partition coefficient (Wildman–Crippen LogP) is 4.81. The zero-order chi connectivity index (χ0) is 15.8. The van der Waals surface area contributed by atoms with Gasteiger partial charge in [-0.15, -0.1) is 11.3 Å². The second-order valence-corrected chi connectivity index (χ2v) is 6.87. The second-order valence-electron chi connectivity index (χ2n) is 5.44. The zero-order valence-electron chi connectivity index (χ0n) is 12.2. The Labute approximate surface area is 142 Å². The number of hydrogen-bond acceptors (Lipinski definition) is 3. The lowest BCUT2D eigenvalue weighted by Gasteiger charge is -2.26. The van der Waals surface area contributed by atoms with Gasteiger partial charge in [-0.25, -0.2) is 0 Å². The summed E-state index contributed by atoms with van der Waals surface area (Å²) < 4.78 is 6.66. The molecule has 1 amide bonds. The molecule has 0 saturated heterocycles. The molecule has 1 N–H and O–H groups in total. The Morgan fingerprint density at radius 1 is 1.17 bits per heavy atom. The van der Waals surface area contributed by atoms with Crippen molar-refractivity contribution in [3.05, 3.63) is 64.0 Å². The number of carbonyl (C=O) groups excluding carboxylic acids is 1. The Kier molecular flexibility index (Phi) is 3.71. The third-order valence-electron chi connectivity index (χ3n) is 4.00. The molecule has 3 aromatic rings. The van der Waals surface area contributed by atoms with Gasteiger partial charge in [0.2, 0.25) is 0 Å². The lowest BCUT2D eigenvalue weighted by atomic mass is 10.0. The van der Waals surface area contributed by atoms with Gasteiger partial charge in [-0.1, -0.05) is 48.0 Å². The number of ether oxygens (including phenoxy) is 1. The van der Waals surface area contributed by atoms with Gasteiger partial charge in [0.05, 0.1) is 17.7 Å². The van der Waals surface area contributed by atoms with Crippen LogP contribution < -0.4 is 10.1 Å². The molecule has 4 rings (SSSR count). The number of benzene rings is 2. The van der Waals surface area contributed by atoms with Crippen LogP contribution in [0.1, 0.15) is 27.7 Å². The molecule has 0 unspecified atom stereocenters. The maximum absolute atomic E-state index is 12.7. The Morgan fingerprint density at radius 2 is 1.96 bits per heavy atom. The minimum atomic E-state index is -0.127. The largest absolute Gasteiger partial charge is 0.493 e. The molecule has 1 aliphatic rings. The maximum atomic E-state index is 12.7. The van der Waals surface area contributed by atoms with Crippen LogP contribution in [0.25, 0.3) is 10.1 Å². The lowest BCUT2D eigenvalue weighted by Crippen LogP contribution is -2.31. The van der Waals surface area contributed by atoms with Crippen molar-refractivity contribution in [1.29, 1.82) is 0 Å². The quantitative estimate of drug-likeness (QED) is 0.725. The smallest absolute Gasteiger partial charge is 0.263 e. The highest BCUT2D eigenvalue weighted by molar-refractivity contribution is 7.21. The normalized spacial score (nSPS) is 16.7. The molecule has 0 radical (unpaired) electrons. The van der Waals surface area contributed by atoms with Crippen LogP contribution in [0, 0.1) is 0 Å². The van der Waals surface area contributed by atoms with E-state index in [9.17, 15) is 4.79 Å². The van der Waals surface area contributed by atoms with E-state index in [2.05, 4.69) is 5.32 Å². The Bertz CT molecular complexity index is 890. The van der Waals surface area contributed by atoms with Gasteiger partial charge in [-0.2, -0.15) is 0 Å². The van der Waals surface area contributed by atoms with E-state index in [1.807, 2.05) is 48.5 Å². The van der Waals surface area contributed by atoms with Crippen LogP contribution in [0.5, 0.6) is 5.75 Å². The van der Waals surface area contributed by atoms with Crippen LogP contribution >= 0.6 is 22.9 Å². The van der Waals surface area contributed by atoms with Crippen LogP contribution in [0.15, 0.2) is 48.5 Å². The highest BCUT2D eigenvalue weighted by Gasteiger charge is 2.25. The Morgan fingerprint density at radius 3 is 2.83 bits per heavy atom. The first-order valence-corrected chi connectivity index (χ1v) is 8.63. The van der Waals surface area contributed by atoms with Gasteiger partial charge in [-0.3, -0.25) is 4.79 Å². The van der Waals surface area contributed by atoms with Crippen LogP contribution in [-0.2, 0) is 0 Å². The van der Waals surface area contributed by atoms with Crippen molar-refractivity contribution in [3.63, 3.8) is 0 Å². The first-order valence-electron chi connectivity index (χ1n) is 7.43. The molecule has 1 atom stereocenters. The highest BCUT2D eigenvalue weighted by Crippen LogP contribution is 2.36. The Hall–Kier alpha value is -2.04. The molecular formula is C18H14ClNO2S. The number of amides is 1. The fraction of sp³-hybridized carbons (Fsp3) is 0.167. The molecule has 3 nitrogen and oxygen atoms in total. The summed E-state index contributed by atoms with van der Waals surface area (Å²) in [6.07, 6.45) is 0.755. The van der Waals surface area contributed by atoms with Crippen molar-refractivity contribution in [2.45, 2.75) is 12.5 Å². The number of thiophene rings is 1. The van der Waals surface area contributed by atoms with Gasteiger partial charge in [-0.05, 0) is 12.1 Å². The molecule has 0 bridgehead atoms. The topological polar surface area (TPSA) is 38.3 Å². The molecule has 1 aliphatic heterocycles. The number of para-hydroxylation sites is 1. The van der Waals surface area contributed by atoms with Crippen LogP contribution in [0.3, 0.4) is 0 Å². The standard InChI is InChI=1S/C18H14ClNO2S/c19-16-12-6-2-4-8-15(12)23-17(16)18(21)20-13-9-10-22-14-7-3-1-5-11(13)14/h1-8,13H,9-10H2,(H,20,21)/t13-/m0/s1. The predicted molar refractivity (Wildman–Crippen MR) is 93.6 cm³/mol. The summed E-state index contributed by atoms with van der Waals surface area (Å²) in [5.41, 5.74) is 1.02. The van der Waals surface area contributed by atoms with E-state index in [1.54, 1.807) is 0 Å². The molecular weight excluding hydrogens is 330 g/mol. The number of fused-ring (bicyclic) bond motifs is 2. The van der Waals surface area contributed by atoms with E-state index < -0.39 is 0 Å². The van der Waals surface area contributed by atoms with Gasteiger partial charge >= 0.3 is 0 Å². The van der Waals surface area contributed by atoms with E-state index in [0.29, 0.717) is 16.5 Å². The van der Waals surface area contributed by atoms with Crippen molar-refractivity contribution in [1.82, 2.24) is 5.32 Å². The monoisotopic (exact) mass is 343 g/mol. The number of nitrogens with one attached hydrogen (secondary N) is 1. The average Bonchev–Trinajstić information content (AvgIpc) is 2.93. The molecule has 23 heavy (non-hydrogen) atoms. The van der Waals surface area contributed by atoms with Crippen LogP contribution in [0.4, 0.5) is 0 Å². The zero-order valence-corrected chi connectivity index (χ0v) is 13.8. The van der Waals surface area contributed by atoms with Gasteiger partial charge in [0.15, 0.2) is 0 Å². The third-order valence-corrected chi connectivity index (χ3v) is 5.68. The molecule has 0 saturated carbocycles. The number of carbonyl (C=O) groups is 1. The fourth-order valence-electron chi connectivity index (χ4n) is 2.88.